The lowest BCUT2D eigenvalue weighted by Crippen LogP contribution is -2.34. The Morgan fingerprint density at radius 1 is 1.00 bits per heavy atom. The molecule has 0 aromatic rings. The molecule has 0 aliphatic carbocycles. The first kappa shape index (κ1) is 14.9. The van der Waals surface area contributed by atoms with Crippen molar-refractivity contribution < 1.29 is 8.42 Å². The van der Waals surface area contributed by atoms with Gasteiger partial charge in [0.1, 0.15) is 0 Å². The van der Waals surface area contributed by atoms with Gasteiger partial charge in [-0.2, -0.15) is 0 Å². The topological polar surface area (TPSA) is 34.1 Å². The molecule has 0 rings (SSSR count). The highest BCUT2D eigenvalue weighted by molar-refractivity contribution is 7.91. The van der Waals surface area contributed by atoms with Crippen LogP contribution < -0.4 is 0 Å². The van der Waals surface area contributed by atoms with Gasteiger partial charge in [0.2, 0.25) is 0 Å². The van der Waals surface area contributed by atoms with Crippen LogP contribution >= 0.6 is 0 Å². The molecular weight excluding hydrogens is 208 g/mol. The second-order valence-electron chi connectivity index (χ2n) is 6.09. The van der Waals surface area contributed by atoms with Gasteiger partial charge in [0.15, 0.2) is 9.84 Å². The largest absolute Gasteiger partial charge is 0.229 e. The fourth-order valence-corrected chi connectivity index (χ4v) is 3.66. The third-order valence-corrected chi connectivity index (χ3v) is 5.31. The van der Waals surface area contributed by atoms with Crippen molar-refractivity contribution in [3.8, 4) is 0 Å². The van der Waals surface area contributed by atoms with Crippen molar-refractivity contribution >= 4 is 9.84 Å². The lowest BCUT2D eigenvalue weighted by atomic mass is 9.75. The Hall–Kier alpha value is -0.0500. The molecule has 0 fully saturated rings. The minimum atomic E-state index is -2.93. The van der Waals surface area contributed by atoms with Crippen molar-refractivity contribution in [3.63, 3.8) is 0 Å². The maximum Gasteiger partial charge on any atom is 0.152 e. The quantitative estimate of drug-likeness (QED) is 0.749. The van der Waals surface area contributed by atoms with Crippen LogP contribution in [0.25, 0.3) is 0 Å². The molecular formula is C12H26O2S. The van der Waals surface area contributed by atoms with Gasteiger partial charge in [-0.05, 0) is 31.1 Å². The molecule has 0 saturated heterocycles. The third-order valence-electron chi connectivity index (χ3n) is 3.05. The number of hydrogen-bond donors (Lipinski definition) is 0. The molecule has 0 amide bonds. The molecule has 0 radical (unpaired) electrons. The second kappa shape index (κ2) is 4.86. The van der Waals surface area contributed by atoms with Crippen molar-refractivity contribution in [2.75, 3.05) is 5.75 Å². The summed E-state index contributed by atoms with van der Waals surface area (Å²) >= 11 is 0. The van der Waals surface area contributed by atoms with Crippen LogP contribution in [0.5, 0.6) is 0 Å². The second-order valence-corrected chi connectivity index (χ2v) is 8.70. The molecule has 0 bridgehead atoms. The summed E-state index contributed by atoms with van der Waals surface area (Å²) in [5.41, 5.74) is 0.0517. The smallest absolute Gasteiger partial charge is 0.152 e. The van der Waals surface area contributed by atoms with Crippen LogP contribution in [0.15, 0.2) is 0 Å². The zero-order valence-corrected chi connectivity index (χ0v) is 12.0. The van der Waals surface area contributed by atoms with Crippen molar-refractivity contribution in [3.05, 3.63) is 0 Å². The van der Waals surface area contributed by atoms with Gasteiger partial charge in [-0.15, -0.1) is 0 Å². The molecule has 0 saturated carbocycles. The lowest BCUT2D eigenvalue weighted by Gasteiger charge is -2.34. The van der Waals surface area contributed by atoms with E-state index < -0.39 is 9.84 Å². The van der Waals surface area contributed by atoms with Crippen LogP contribution in [0.1, 0.15) is 48.5 Å². The Morgan fingerprint density at radius 2 is 1.40 bits per heavy atom. The van der Waals surface area contributed by atoms with Crippen LogP contribution in [-0.2, 0) is 9.84 Å². The van der Waals surface area contributed by atoms with Gasteiger partial charge in [-0.3, -0.25) is 0 Å². The highest BCUT2D eigenvalue weighted by atomic mass is 32.2. The van der Waals surface area contributed by atoms with Crippen LogP contribution in [-0.4, -0.2) is 19.4 Å². The molecule has 3 heteroatoms. The molecule has 0 spiro atoms. The first-order valence-corrected chi connectivity index (χ1v) is 7.41. The minimum Gasteiger partial charge on any atom is -0.229 e. The van der Waals surface area contributed by atoms with E-state index in [0.29, 0.717) is 11.7 Å². The molecule has 0 N–H and O–H groups in total. The number of rotatable bonds is 4. The molecule has 1 atom stereocenters. The first-order chi connectivity index (χ1) is 6.48. The first-order valence-electron chi connectivity index (χ1n) is 5.70. The van der Waals surface area contributed by atoms with Gasteiger partial charge in [0.25, 0.3) is 0 Å². The summed E-state index contributed by atoms with van der Waals surface area (Å²) in [4.78, 5) is 0. The monoisotopic (exact) mass is 234 g/mol. The van der Waals surface area contributed by atoms with Crippen LogP contribution in [0, 0.1) is 17.3 Å². The average molecular weight is 234 g/mol. The maximum absolute atomic E-state index is 11.9. The molecule has 2 nitrogen and oxygen atoms in total. The zero-order chi connectivity index (χ0) is 12.4. The van der Waals surface area contributed by atoms with Gasteiger partial charge in [0, 0.05) is 0 Å². The van der Waals surface area contributed by atoms with E-state index in [1.54, 1.807) is 13.8 Å². The third kappa shape index (κ3) is 4.54. The molecule has 15 heavy (non-hydrogen) atoms. The van der Waals surface area contributed by atoms with E-state index in [4.69, 9.17) is 0 Å². The summed E-state index contributed by atoms with van der Waals surface area (Å²) in [6.45, 7) is 14.1. The van der Waals surface area contributed by atoms with E-state index in [1.165, 1.54) is 0 Å². The van der Waals surface area contributed by atoms with Gasteiger partial charge in [0.05, 0.1) is 11.0 Å². The van der Waals surface area contributed by atoms with E-state index in [1.807, 2.05) is 0 Å². The number of sulfone groups is 1. The highest BCUT2D eigenvalue weighted by Gasteiger charge is 2.32. The molecule has 0 unspecified atom stereocenters. The number of hydrogen-bond acceptors (Lipinski definition) is 2. The Kier molecular flexibility index (Phi) is 4.84. The SMILES string of the molecule is CC(C)[C@@H](CS(=O)(=O)C(C)C)C(C)(C)C. The van der Waals surface area contributed by atoms with Crippen molar-refractivity contribution in [1.29, 1.82) is 0 Å². The van der Waals surface area contributed by atoms with E-state index in [9.17, 15) is 8.42 Å². The molecule has 0 aromatic heterocycles. The summed E-state index contributed by atoms with van der Waals surface area (Å²) < 4.78 is 23.8. The standard InChI is InChI=1S/C12H26O2S/c1-9(2)11(12(5,6)7)8-15(13,14)10(3)4/h9-11H,8H2,1-7H3/t11-/m1/s1. The molecule has 92 valence electrons. The van der Waals surface area contributed by atoms with Crippen LogP contribution in [0.3, 0.4) is 0 Å². The molecule has 0 heterocycles. The van der Waals surface area contributed by atoms with E-state index in [0.717, 1.165) is 0 Å². The maximum atomic E-state index is 11.9. The summed E-state index contributed by atoms with van der Waals surface area (Å²) in [6.07, 6.45) is 0. The summed E-state index contributed by atoms with van der Waals surface area (Å²) in [5, 5.41) is -0.263. The lowest BCUT2D eigenvalue weighted by molar-refractivity contribution is 0.201. The van der Waals surface area contributed by atoms with Gasteiger partial charge < -0.3 is 0 Å². The van der Waals surface area contributed by atoms with E-state index in [-0.39, 0.29) is 16.6 Å². The van der Waals surface area contributed by atoms with Crippen molar-refractivity contribution in [2.24, 2.45) is 17.3 Å². The van der Waals surface area contributed by atoms with E-state index >= 15 is 0 Å². The van der Waals surface area contributed by atoms with Crippen molar-refractivity contribution in [2.45, 2.75) is 53.7 Å². The van der Waals surface area contributed by atoms with Gasteiger partial charge in [-0.25, -0.2) is 8.42 Å². The van der Waals surface area contributed by atoms with E-state index in [2.05, 4.69) is 34.6 Å². The molecule has 0 aromatic carbocycles. The predicted molar refractivity (Wildman–Crippen MR) is 66.7 cm³/mol. The molecule has 0 aliphatic rings. The summed E-state index contributed by atoms with van der Waals surface area (Å²) in [5.74, 6) is 0.940. The minimum absolute atomic E-state index is 0.0517. The molecule has 0 aliphatic heterocycles. The fourth-order valence-electron chi connectivity index (χ4n) is 1.89. The van der Waals surface area contributed by atoms with Crippen molar-refractivity contribution in [1.82, 2.24) is 0 Å². The van der Waals surface area contributed by atoms with Gasteiger partial charge in [-0.1, -0.05) is 34.6 Å². The Bertz CT molecular complexity index is 281. The normalized spacial score (nSPS) is 16.1. The Morgan fingerprint density at radius 3 is 1.60 bits per heavy atom. The highest BCUT2D eigenvalue weighted by Crippen LogP contribution is 2.33. The zero-order valence-electron chi connectivity index (χ0n) is 11.2. The summed E-state index contributed by atoms with van der Waals surface area (Å²) in [7, 11) is -2.93. The van der Waals surface area contributed by atoms with Gasteiger partial charge >= 0.3 is 0 Å². The van der Waals surface area contributed by atoms with Crippen LogP contribution in [0.4, 0.5) is 0 Å². The Balaban J connectivity index is 4.88. The fraction of sp³-hybridized carbons (Fsp3) is 1.00. The average Bonchev–Trinajstić information content (AvgIpc) is 1.97. The Labute approximate surface area is 95.4 Å². The van der Waals surface area contributed by atoms with Crippen LogP contribution in [0.2, 0.25) is 0 Å². The summed E-state index contributed by atoms with van der Waals surface area (Å²) in [6, 6.07) is 0. The predicted octanol–water partition coefficient (Wildman–Crippen LogP) is 3.13.